The fraction of sp³-hybridized carbons (Fsp3) is 0.462. The molecular weight excluding hydrogens is 232 g/mol. The van der Waals surface area contributed by atoms with Gasteiger partial charge in [-0.15, -0.1) is 0 Å². The lowest BCUT2D eigenvalue weighted by Crippen LogP contribution is -2.29. The molecule has 18 heavy (non-hydrogen) atoms. The maximum atomic E-state index is 11.9. The molecular formula is C13H20N2O3. The number of carbonyl (C=O) groups excluding carboxylic acids is 1. The predicted molar refractivity (Wildman–Crippen MR) is 70.7 cm³/mol. The number of benzene rings is 1. The van der Waals surface area contributed by atoms with E-state index in [1.54, 1.807) is 12.1 Å². The molecule has 5 nitrogen and oxygen atoms in total. The number of phenolic OH excluding ortho intramolecular Hbond substituents is 1. The van der Waals surface area contributed by atoms with Crippen molar-refractivity contribution in [1.29, 1.82) is 0 Å². The molecule has 1 atom stereocenters. The van der Waals surface area contributed by atoms with Crippen molar-refractivity contribution in [3.63, 3.8) is 0 Å². The number of rotatable bonds is 6. The van der Waals surface area contributed by atoms with Crippen LogP contribution in [0.15, 0.2) is 18.2 Å². The highest BCUT2D eigenvalue weighted by Crippen LogP contribution is 2.28. The fourth-order valence-corrected chi connectivity index (χ4v) is 1.68. The zero-order valence-electron chi connectivity index (χ0n) is 10.8. The summed E-state index contributed by atoms with van der Waals surface area (Å²) in [5, 5.41) is 12.3. The van der Waals surface area contributed by atoms with Gasteiger partial charge >= 0.3 is 0 Å². The number of nitrogens with one attached hydrogen (secondary N) is 1. The summed E-state index contributed by atoms with van der Waals surface area (Å²) in [6, 6.07) is 4.68. The van der Waals surface area contributed by atoms with E-state index in [2.05, 4.69) is 5.32 Å². The van der Waals surface area contributed by atoms with Crippen LogP contribution in [0.25, 0.3) is 0 Å². The summed E-state index contributed by atoms with van der Waals surface area (Å²) in [4.78, 5) is 11.9. The van der Waals surface area contributed by atoms with Crippen LogP contribution in [0.5, 0.6) is 11.5 Å². The molecule has 1 rings (SSSR count). The van der Waals surface area contributed by atoms with Crippen molar-refractivity contribution in [2.45, 2.75) is 19.8 Å². The Morgan fingerprint density at radius 3 is 2.83 bits per heavy atom. The standard InChI is InChI=1S/C13H20N2O3/c1-3-4-9(8-14)13(17)15-11-7-10(18-2)5-6-12(11)16/h5-7,9,16H,3-4,8,14H2,1-2H3,(H,15,17). The molecule has 0 heterocycles. The zero-order valence-corrected chi connectivity index (χ0v) is 10.8. The van der Waals surface area contributed by atoms with Crippen molar-refractivity contribution < 1.29 is 14.6 Å². The normalized spacial score (nSPS) is 11.9. The van der Waals surface area contributed by atoms with E-state index in [9.17, 15) is 9.90 Å². The first-order valence-electron chi connectivity index (χ1n) is 6.00. The first-order chi connectivity index (χ1) is 8.62. The zero-order chi connectivity index (χ0) is 13.5. The molecule has 1 amide bonds. The third kappa shape index (κ3) is 3.63. The smallest absolute Gasteiger partial charge is 0.228 e. The molecule has 0 aliphatic rings. The highest BCUT2D eigenvalue weighted by molar-refractivity contribution is 5.94. The molecule has 0 aliphatic heterocycles. The van der Waals surface area contributed by atoms with Gasteiger partial charge in [-0.2, -0.15) is 0 Å². The van der Waals surface area contributed by atoms with Gasteiger partial charge in [0.15, 0.2) is 0 Å². The summed E-state index contributed by atoms with van der Waals surface area (Å²) < 4.78 is 5.04. The quantitative estimate of drug-likeness (QED) is 0.673. The molecule has 0 bridgehead atoms. The van der Waals surface area contributed by atoms with Gasteiger partial charge in [0, 0.05) is 12.6 Å². The Hall–Kier alpha value is -1.75. The monoisotopic (exact) mass is 252 g/mol. The number of hydrogen-bond acceptors (Lipinski definition) is 4. The topological polar surface area (TPSA) is 84.6 Å². The van der Waals surface area contributed by atoms with E-state index in [4.69, 9.17) is 10.5 Å². The number of methoxy groups -OCH3 is 1. The van der Waals surface area contributed by atoms with Crippen LogP contribution in [0.3, 0.4) is 0 Å². The van der Waals surface area contributed by atoms with Gasteiger partial charge in [0.2, 0.25) is 5.91 Å². The number of amides is 1. The number of aromatic hydroxyl groups is 1. The maximum Gasteiger partial charge on any atom is 0.228 e. The summed E-state index contributed by atoms with van der Waals surface area (Å²) in [5.74, 6) is 0.169. The summed E-state index contributed by atoms with van der Waals surface area (Å²) in [7, 11) is 1.53. The Morgan fingerprint density at radius 1 is 1.56 bits per heavy atom. The molecule has 5 heteroatoms. The third-order valence-corrected chi connectivity index (χ3v) is 2.75. The Balaban J connectivity index is 2.79. The van der Waals surface area contributed by atoms with Crippen molar-refractivity contribution in [2.24, 2.45) is 11.7 Å². The average molecular weight is 252 g/mol. The summed E-state index contributed by atoms with van der Waals surface area (Å²) >= 11 is 0. The predicted octanol–water partition coefficient (Wildman–Crippen LogP) is 1.71. The second kappa shape index (κ2) is 6.86. The molecule has 1 unspecified atom stereocenters. The van der Waals surface area contributed by atoms with Crippen molar-refractivity contribution in [3.05, 3.63) is 18.2 Å². The molecule has 0 fully saturated rings. The van der Waals surface area contributed by atoms with Crippen LogP contribution in [0.2, 0.25) is 0 Å². The van der Waals surface area contributed by atoms with Gasteiger partial charge < -0.3 is 20.9 Å². The van der Waals surface area contributed by atoms with Gasteiger partial charge in [-0.25, -0.2) is 0 Å². The minimum absolute atomic E-state index is 0.0106. The largest absolute Gasteiger partial charge is 0.506 e. The van der Waals surface area contributed by atoms with Gasteiger partial charge in [-0.05, 0) is 18.6 Å². The molecule has 1 aromatic carbocycles. The molecule has 0 aliphatic carbocycles. The van der Waals surface area contributed by atoms with Crippen molar-refractivity contribution in [1.82, 2.24) is 0 Å². The molecule has 100 valence electrons. The van der Waals surface area contributed by atoms with Crippen LogP contribution in [0, 0.1) is 5.92 Å². The Morgan fingerprint density at radius 2 is 2.28 bits per heavy atom. The number of nitrogens with two attached hydrogens (primary N) is 1. The van der Waals surface area contributed by atoms with Crippen molar-refractivity contribution in [2.75, 3.05) is 19.0 Å². The van der Waals surface area contributed by atoms with E-state index in [1.807, 2.05) is 6.92 Å². The van der Waals surface area contributed by atoms with E-state index >= 15 is 0 Å². The maximum absolute atomic E-state index is 11.9. The molecule has 4 N–H and O–H groups in total. The number of anilines is 1. The third-order valence-electron chi connectivity index (χ3n) is 2.75. The number of hydrogen-bond donors (Lipinski definition) is 3. The second-order valence-electron chi connectivity index (χ2n) is 4.09. The molecule has 0 saturated heterocycles. The minimum Gasteiger partial charge on any atom is -0.506 e. The summed E-state index contributed by atoms with van der Waals surface area (Å²) in [6.45, 7) is 2.30. The van der Waals surface area contributed by atoms with Crippen LogP contribution < -0.4 is 15.8 Å². The Bertz CT molecular complexity index is 407. The van der Waals surface area contributed by atoms with E-state index in [-0.39, 0.29) is 17.6 Å². The van der Waals surface area contributed by atoms with Gasteiger partial charge in [0.25, 0.3) is 0 Å². The summed E-state index contributed by atoms with van der Waals surface area (Å²) in [6.07, 6.45) is 1.62. The van der Waals surface area contributed by atoms with Crippen LogP contribution in [-0.2, 0) is 4.79 Å². The fourth-order valence-electron chi connectivity index (χ4n) is 1.68. The van der Waals surface area contributed by atoms with Crippen LogP contribution in [0.1, 0.15) is 19.8 Å². The average Bonchev–Trinajstić information content (AvgIpc) is 2.38. The number of phenols is 1. The first-order valence-corrected chi connectivity index (χ1v) is 6.00. The van der Waals surface area contributed by atoms with E-state index in [0.29, 0.717) is 18.0 Å². The highest BCUT2D eigenvalue weighted by Gasteiger charge is 2.17. The van der Waals surface area contributed by atoms with Gasteiger partial charge in [0.05, 0.1) is 18.7 Å². The lowest BCUT2D eigenvalue weighted by molar-refractivity contribution is -0.119. The van der Waals surface area contributed by atoms with Gasteiger partial charge in [-0.3, -0.25) is 4.79 Å². The molecule has 1 aromatic rings. The highest BCUT2D eigenvalue weighted by atomic mass is 16.5. The van der Waals surface area contributed by atoms with Crippen molar-refractivity contribution in [3.8, 4) is 11.5 Å². The molecule has 0 radical (unpaired) electrons. The molecule has 0 aromatic heterocycles. The van der Waals surface area contributed by atoms with Crippen LogP contribution >= 0.6 is 0 Å². The van der Waals surface area contributed by atoms with E-state index in [1.165, 1.54) is 13.2 Å². The minimum atomic E-state index is -0.236. The first kappa shape index (κ1) is 14.3. The lowest BCUT2D eigenvalue weighted by Gasteiger charge is -2.15. The van der Waals surface area contributed by atoms with Crippen LogP contribution in [0.4, 0.5) is 5.69 Å². The second-order valence-corrected chi connectivity index (χ2v) is 4.09. The number of ether oxygens (including phenoxy) is 1. The molecule has 0 saturated carbocycles. The summed E-state index contributed by atoms with van der Waals surface area (Å²) in [5.41, 5.74) is 5.90. The van der Waals surface area contributed by atoms with Gasteiger partial charge in [0.1, 0.15) is 11.5 Å². The lowest BCUT2D eigenvalue weighted by atomic mass is 10.0. The Kier molecular flexibility index (Phi) is 5.45. The van der Waals surface area contributed by atoms with E-state index in [0.717, 1.165) is 12.8 Å². The molecule has 0 spiro atoms. The SMILES string of the molecule is CCCC(CN)C(=O)Nc1cc(OC)ccc1O. The van der Waals surface area contributed by atoms with Crippen LogP contribution in [-0.4, -0.2) is 24.7 Å². The van der Waals surface area contributed by atoms with Gasteiger partial charge in [-0.1, -0.05) is 13.3 Å². The van der Waals surface area contributed by atoms with Crippen molar-refractivity contribution >= 4 is 11.6 Å². The number of carbonyl (C=O) groups is 1. The van der Waals surface area contributed by atoms with E-state index < -0.39 is 0 Å². The Labute approximate surface area is 107 Å².